The van der Waals surface area contributed by atoms with E-state index in [1.165, 1.54) is 0 Å². The van der Waals surface area contributed by atoms with E-state index in [0.717, 1.165) is 6.42 Å². The molecule has 5 heteroatoms. The van der Waals surface area contributed by atoms with Gasteiger partial charge < -0.3 is 16.4 Å². The lowest BCUT2D eigenvalue weighted by atomic mass is 10.1. The van der Waals surface area contributed by atoms with Gasteiger partial charge in [0, 0.05) is 13.6 Å². The molecule has 0 aliphatic heterocycles. The quantitative estimate of drug-likeness (QED) is 0.637. The fourth-order valence-electron chi connectivity index (χ4n) is 1.15. The molecule has 0 fully saturated rings. The molecule has 0 aliphatic rings. The Morgan fingerprint density at radius 1 is 1.33 bits per heavy atom. The van der Waals surface area contributed by atoms with E-state index in [1.54, 1.807) is 11.9 Å². The number of carbonyl (C=O) groups is 2. The van der Waals surface area contributed by atoms with Crippen LogP contribution in [0.15, 0.2) is 0 Å². The Morgan fingerprint density at radius 3 is 2.27 bits per heavy atom. The summed E-state index contributed by atoms with van der Waals surface area (Å²) >= 11 is 0. The van der Waals surface area contributed by atoms with E-state index < -0.39 is 11.9 Å². The molecule has 0 radical (unpaired) electrons. The molecule has 2 amide bonds. The number of nitrogens with two attached hydrogens (primary N) is 2. The molecular weight excluding hydrogens is 194 g/mol. The lowest BCUT2D eigenvalue weighted by Crippen LogP contribution is -2.44. The van der Waals surface area contributed by atoms with Gasteiger partial charge in [0.2, 0.25) is 11.8 Å². The third-order valence-corrected chi connectivity index (χ3v) is 2.16. The van der Waals surface area contributed by atoms with E-state index in [1.807, 2.05) is 0 Å². The maximum atomic E-state index is 11.6. The minimum Gasteiger partial charge on any atom is -0.370 e. The Hall–Kier alpha value is -1.10. The standard InChI is InChI=1S/C10H21N3O2/c1-7(2)4-5-13(3)10(15)8(11)6-9(12)14/h7-8H,4-6,11H2,1-3H3,(H2,12,14). The van der Waals surface area contributed by atoms with Gasteiger partial charge in [0.15, 0.2) is 0 Å². The number of carbonyl (C=O) groups excluding carboxylic acids is 2. The normalized spacial score (nSPS) is 12.6. The van der Waals surface area contributed by atoms with Crippen molar-refractivity contribution < 1.29 is 9.59 Å². The zero-order valence-corrected chi connectivity index (χ0v) is 9.69. The number of primary amides is 1. The van der Waals surface area contributed by atoms with E-state index in [-0.39, 0.29) is 12.3 Å². The summed E-state index contributed by atoms with van der Waals surface area (Å²) in [6.45, 7) is 4.83. The maximum absolute atomic E-state index is 11.6. The lowest BCUT2D eigenvalue weighted by Gasteiger charge is -2.21. The third-order valence-electron chi connectivity index (χ3n) is 2.16. The van der Waals surface area contributed by atoms with Gasteiger partial charge in [0.1, 0.15) is 0 Å². The van der Waals surface area contributed by atoms with Crippen LogP contribution in [0.5, 0.6) is 0 Å². The Kier molecular flexibility index (Phi) is 5.93. The molecule has 1 unspecified atom stereocenters. The van der Waals surface area contributed by atoms with Crippen LogP contribution in [0, 0.1) is 5.92 Å². The van der Waals surface area contributed by atoms with Crippen molar-refractivity contribution in [3.05, 3.63) is 0 Å². The summed E-state index contributed by atoms with van der Waals surface area (Å²) in [5.74, 6) is -0.241. The van der Waals surface area contributed by atoms with Crippen LogP contribution in [0.4, 0.5) is 0 Å². The first kappa shape index (κ1) is 13.9. The number of rotatable bonds is 6. The zero-order valence-electron chi connectivity index (χ0n) is 9.69. The lowest BCUT2D eigenvalue weighted by molar-refractivity contribution is -0.133. The van der Waals surface area contributed by atoms with Gasteiger partial charge >= 0.3 is 0 Å². The monoisotopic (exact) mass is 215 g/mol. The molecule has 0 heterocycles. The molecule has 0 saturated carbocycles. The highest BCUT2D eigenvalue weighted by Crippen LogP contribution is 2.02. The van der Waals surface area contributed by atoms with Crippen molar-refractivity contribution in [3.63, 3.8) is 0 Å². The van der Waals surface area contributed by atoms with E-state index in [9.17, 15) is 9.59 Å². The first-order valence-corrected chi connectivity index (χ1v) is 5.13. The van der Waals surface area contributed by atoms with Crippen molar-refractivity contribution in [3.8, 4) is 0 Å². The maximum Gasteiger partial charge on any atom is 0.239 e. The van der Waals surface area contributed by atoms with Crippen molar-refractivity contribution in [2.24, 2.45) is 17.4 Å². The number of hydrogen-bond acceptors (Lipinski definition) is 3. The molecule has 0 aromatic rings. The fraction of sp³-hybridized carbons (Fsp3) is 0.800. The van der Waals surface area contributed by atoms with Crippen LogP contribution in [-0.4, -0.2) is 36.3 Å². The molecule has 0 aromatic carbocycles. The summed E-state index contributed by atoms with van der Waals surface area (Å²) in [5, 5.41) is 0. The predicted octanol–water partition coefficient (Wildman–Crippen LogP) is -0.306. The molecule has 4 N–H and O–H groups in total. The highest BCUT2D eigenvalue weighted by atomic mass is 16.2. The van der Waals surface area contributed by atoms with Crippen LogP contribution in [0.2, 0.25) is 0 Å². The topological polar surface area (TPSA) is 89.4 Å². The molecule has 88 valence electrons. The second kappa shape index (κ2) is 6.40. The first-order valence-electron chi connectivity index (χ1n) is 5.13. The van der Waals surface area contributed by atoms with Gasteiger partial charge in [-0.15, -0.1) is 0 Å². The molecule has 0 bridgehead atoms. The van der Waals surface area contributed by atoms with Gasteiger partial charge in [-0.1, -0.05) is 13.8 Å². The summed E-state index contributed by atoms with van der Waals surface area (Å²) in [5.41, 5.74) is 10.5. The molecule has 5 nitrogen and oxygen atoms in total. The molecule has 0 spiro atoms. The highest BCUT2D eigenvalue weighted by molar-refractivity contribution is 5.87. The predicted molar refractivity (Wildman–Crippen MR) is 58.9 cm³/mol. The second-order valence-electron chi connectivity index (χ2n) is 4.22. The van der Waals surface area contributed by atoms with Crippen LogP contribution in [-0.2, 0) is 9.59 Å². The van der Waals surface area contributed by atoms with E-state index in [4.69, 9.17) is 11.5 Å². The summed E-state index contributed by atoms with van der Waals surface area (Å²) in [6.07, 6.45) is 0.830. The van der Waals surface area contributed by atoms with Gasteiger partial charge in [-0.3, -0.25) is 9.59 Å². The van der Waals surface area contributed by atoms with Crippen LogP contribution < -0.4 is 11.5 Å². The molecule has 15 heavy (non-hydrogen) atoms. The van der Waals surface area contributed by atoms with Crippen LogP contribution in [0.1, 0.15) is 26.7 Å². The number of nitrogens with zero attached hydrogens (tertiary/aromatic N) is 1. The molecule has 1 atom stereocenters. The van der Waals surface area contributed by atoms with E-state index in [0.29, 0.717) is 12.5 Å². The smallest absolute Gasteiger partial charge is 0.239 e. The molecular formula is C10H21N3O2. The van der Waals surface area contributed by atoms with Crippen molar-refractivity contribution in [1.82, 2.24) is 4.90 Å². The summed E-state index contributed by atoms with van der Waals surface area (Å²) in [6, 6.07) is -0.806. The van der Waals surface area contributed by atoms with Crippen molar-refractivity contribution in [1.29, 1.82) is 0 Å². The Balaban J connectivity index is 4.01. The van der Waals surface area contributed by atoms with Crippen molar-refractivity contribution in [2.45, 2.75) is 32.7 Å². The first-order chi connectivity index (χ1) is 6.84. The number of amides is 2. The average Bonchev–Trinajstić information content (AvgIpc) is 2.11. The minimum atomic E-state index is -0.806. The van der Waals surface area contributed by atoms with Crippen LogP contribution >= 0.6 is 0 Å². The molecule has 0 saturated heterocycles. The second-order valence-corrected chi connectivity index (χ2v) is 4.22. The number of likely N-dealkylation sites (N-methyl/N-ethyl adjacent to an activating group) is 1. The highest BCUT2D eigenvalue weighted by Gasteiger charge is 2.19. The SMILES string of the molecule is CC(C)CCN(C)C(=O)C(N)CC(N)=O. The third kappa shape index (κ3) is 6.06. The molecule has 0 rings (SSSR count). The fourth-order valence-corrected chi connectivity index (χ4v) is 1.15. The molecule has 0 aliphatic carbocycles. The summed E-state index contributed by atoms with van der Waals surface area (Å²) in [7, 11) is 1.69. The van der Waals surface area contributed by atoms with Crippen molar-refractivity contribution in [2.75, 3.05) is 13.6 Å². The zero-order chi connectivity index (χ0) is 12.0. The van der Waals surface area contributed by atoms with Crippen LogP contribution in [0.3, 0.4) is 0 Å². The Labute approximate surface area is 90.8 Å². The summed E-state index contributed by atoms with van der Waals surface area (Å²) < 4.78 is 0. The largest absolute Gasteiger partial charge is 0.370 e. The van der Waals surface area contributed by atoms with Gasteiger partial charge in [0.25, 0.3) is 0 Å². The van der Waals surface area contributed by atoms with Gasteiger partial charge in [-0.25, -0.2) is 0 Å². The Bertz CT molecular complexity index is 229. The van der Waals surface area contributed by atoms with Gasteiger partial charge in [0.05, 0.1) is 12.5 Å². The van der Waals surface area contributed by atoms with E-state index >= 15 is 0 Å². The van der Waals surface area contributed by atoms with Gasteiger partial charge in [-0.2, -0.15) is 0 Å². The minimum absolute atomic E-state index is 0.0924. The molecule has 0 aromatic heterocycles. The Morgan fingerprint density at radius 2 is 1.87 bits per heavy atom. The summed E-state index contributed by atoms with van der Waals surface area (Å²) in [4.78, 5) is 23.7. The van der Waals surface area contributed by atoms with Crippen molar-refractivity contribution >= 4 is 11.8 Å². The van der Waals surface area contributed by atoms with Crippen LogP contribution in [0.25, 0.3) is 0 Å². The number of hydrogen-bond donors (Lipinski definition) is 2. The van der Waals surface area contributed by atoms with Gasteiger partial charge in [-0.05, 0) is 12.3 Å². The average molecular weight is 215 g/mol. The van der Waals surface area contributed by atoms with E-state index in [2.05, 4.69) is 13.8 Å².